The zero-order valence-corrected chi connectivity index (χ0v) is 14.8. The first kappa shape index (κ1) is 17.8. The van der Waals surface area contributed by atoms with Crippen LogP contribution in [0.25, 0.3) is 0 Å². The lowest BCUT2D eigenvalue weighted by atomic mass is 9.93. The Morgan fingerprint density at radius 2 is 2.04 bits per heavy atom. The molecule has 8 heteroatoms. The Labute approximate surface area is 147 Å². The Morgan fingerprint density at radius 3 is 2.72 bits per heavy atom. The Balaban J connectivity index is 1.48. The fraction of sp³-hybridized carbons (Fsp3) is 0.765. The van der Waals surface area contributed by atoms with Gasteiger partial charge in [0.05, 0.1) is 17.4 Å². The van der Waals surface area contributed by atoms with E-state index >= 15 is 0 Å². The van der Waals surface area contributed by atoms with Gasteiger partial charge in [-0.05, 0) is 38.1 Å². The molecule has 3 heterocycles. The van der Waals surface area contributed by atoms with E-state index in [0.29, 0.717) is 12.5 Å². The number of likely N-dealkylation sites (tertiary alicyclic amines) is 2. The van der Waals surface area contributed by atoms with E-state index in [9.17, 15) is 14.9 Å². The van der Waals surface area contributed by atoms with Crippen molar-refractivity contribution in [1.82, 2.24) is 19.6 Å². The zero-order chi connectivity index (χ0) is 17.8. The maximum Gasteiger partial charge on any atom is 0.306 e. The van der Waals surface area contributed by atoms with E-state index in [1.165, 1.54) is 12.4 Å². The molecule has 1 atom stereocenters. The zero-order valence-electron chi connectivity index (χ0n) is 14.8. The Kier molecular flexibility index (Phi) is 5.67. The van der Waals surface area contributed by atoms with Gasteiger partial charge in [-0.15, -0.1) is 0 Å². The minimum atomic E-state index is -0.432. The molecule has 1 aromatic heterocycles. The van der Waals surface area contributed by atoms with Crippen LogP contribution in [0, 0.1) is 22.0 Å². The highest BCUT2D eigenvalue weighted by molar-refractivity contribution is 5.79. The lowest BCUT2D eigenvalue weighted by molar-refractivity contribution is -0.385. The molecule has 25 heavy (non-hydrogen) atoms. The average Bonchev–Trinajstić information content (AvgIpc) is 3.10. The number of aromatic nitrogens is 2. The van der Waals surface area contributed by atoms with Crippen molar-refractivity contribution in [3.05, 3.63) is 22.5 Å². The molecule has 2 fully saturated rings. The monoisotopic (exact) mass is 349 g/mol. The summed E-state index contributed by atoms with van der Waals surface area (Å²) in [6.45, 7) is 7.18. The van der Waals surface area contributed by atoms with E-state index in [4.69, 9.17) is 0 Å². The van der Waals surface area contributed by atoms with Gasteiger partial charge in [0.1, 0.15) is 12.4 Å². The fourth-order valence-electron chi connectivity index (χ4n) is 3.76. The lowest BCUT2D eigenvalue weighted by Crippen LogP contribution is -2.47. The van der Waals surface area contributed by atoms with Crippen molar-refractivity contribution in [3.8, 4) is 0 Å². The van der Waals surface area contributed by atoms with Crippen LogP contribution in [0.3, 0.4) is 0 Å². The van der Waals surface area contributed by atoms with E-state index in [2.05, 4.69) is 16.9 Å². The van der Waals surface area contributed by atoms with E-state index in [1.54, 1.807) is 4.68 Å². The minimum absolute atomic E-state index is 0.0195. The predicted molar refractivity (Wildman–Crippen MR) is 93.0 cm³/mol. The number of amides is 1. The van der Waals surface area contributed by atoms with Crippen LogP contribution in [-0.4, -0.2) is 63.1 Å². The van der Waals surface area contributed by atoms with Gasteiger partial charge in [-0.1, -0.05) is 6.92 Å². The Hall–Kier alpha value is -1.96. The molecule has 2 saturated heterocycles. The summed E-state index contributed by atoms with van der Waals surface area (Å²) in [5.41, 5.74) is 0.0195. The van der Waals surface area contributed by atoms with Gasteiger partial charge in [0.2, 0.25) is 5.91 Å². The molecule has 1 amide bonds. The normalized spacial score (nSPS) is 22.9. The van der Waals surface area contributed by atoms with E-state index < -0.39 is 4.92 Å². The fourth-order valence-corrected chi connectivity index (χ4v) is 3.76. The van der Waals surface area contributed by atoms with Crippen molar-refractivity contribution in [2.75, 3.05) is 32.7 Å². The molecule has 0 radical (unpaired) electrons. The molecule has 0 aromatic carbocycles. The molecule has 0 N–H and O–H groups in total. The molecular weight excluding hydrogens is 322 g/mol. The smallest absolute Gasteiger partial charge is 0.306 e. The summed E-state index contributed by atoms with van der Waals surface area (Å²) >= 11 is 0. The molecular formula is C17H27N5O3. The van der Waals surface area contributed by atoms with Crippen molar-refractivity contribution in [2.24, 2.45) is 11.8 Å². The number of carbonyl (C=O) groups excluding carboxylic acids is 1. The summed E-state index contributed by atoms with van der Waals surface area (Å²) in [6.07, 6.45) is 6.95. The average molecular weight is 349 g/mol. The molecule has 1 aromatic rings. The Bertz CT molecular complexity index is 609. The van der Waals surface area contributed by atoms with Crippen LogP contribution in [0.15, 0.2) is 12.4 Å². The van der Waals surface area contributed by atoms with E-state index in [1.807, 2.05) is 4.90 Å². The number of carbonyl (C=O) groups is 1. The maximum atomic E-state index is 12.8. The van der Waals surface area contributed by atoms with E-state index in [-0.39, 0.29) is 11.6 Å². The summed E-state index contributed by atoms with van der Waals surface area (Å²) in [5, 5.41) is 14.7. The third-order valence-electron chi connectivity index (χ3n) is 5.43. The number of hydrogen-bond acceptors (Lipinski definition) is 5. The van der Waals surface area contributed by atoms with Crippen LogP contribution in [0.2, 0.25) is 0 Å². The minimum Gasteiger partial charge on any atom is -0.342 e. The van der Waals surface area contributed by atoms with Gasteiger partial charge in [0.15, 0.2) is 0 Å². The van der Waals surface area contributed by atoms with Crippen molar-refractivity contribution in [3.63, 3.8) is 0 Å². The highest BCUT2D eigenvalue weighted by atomic mass is 16.6. The van der Waals surface area contributed by atoms with Gasteiger partial charge < -0.3 is 9.80 Å². The van der Waals surface area contributed by atoms with Gasteiger partial charge in [0.25, 0.3) is 0 Å². The summed E-state index contributed by atoms with van der Waals surface area (Å²) in [6, 6.07) is 0. The van der Waals surface area contributed by atoms with Gasteiger partial charge in [0, 0.05) is 26.2 Å². The van der Waals surface area contributed by atoms with Crippen molar-refractivity contribution < 1.29 is 9.72 Å². The molecule has 0 saturated carbocycles. The predicted octanol–water partition coefficient (Wildman–Crippen LogP) is 1.76. The second-order valence-corrected chi connectivity index (χ2v) is 7.37. The summed E-state index contributed by atoms with van der Waals surface area (Å²) in [5.74, 6) is 1.13. The summed E-state index contributed by atoms with van der Waals surface area (Å²) < 4.78 is 1.61. The molecule has 0 aliphatic carbocycles. The molecule has 1 unspecified atom stereocenters. The highest BCUT2D eigenvalue weighted by Gasteiger charge is 2.30. The van der Waals surface area contributed by atoms with Gasteiger partial charge >= 0.3 is 5.69 Å². The quantitative estimate of drug-likeness (QED) is 0.597. The topological polar surface area (TPSA) is 84.5 Å². The van der Waals surface area contributed by atoms with Crippen LogP contribution in [0.5, 0.6) is 0 Å². The first-order valence-corrected chi connectivity index (χ1v) is 9.21. The van der Waals surface area contributed by atoms with Crippen molar-refractivity contribution in [2.45, 2.75) is 39.2 Å². The third kappa shape index (κ3) is 4.56. The summed E-state index contributed by atoms with van der Waals surface area (Å²) in [4.78, 5) is 27.4. The standard InChI is InChI=1S/C17H27N5O3/c1-14-4-7-20(8-5-14)17(23)15-3-2-6-19(12-15)9-10-21-13-16(11-18-21)22(24)25/h11,13-15H,2-10,12H2,1H3. The Morgan fingerprint density at radius 1 is 1.28 bits per heavy atom. The van der Waals surface area contributed by atoms with Gasteiger partial charge in [-0.2, -0.15) is 5.10 Å². The number of nitrogens with zero attached hydrogens (tertiary/aromatic N) is 5. The van der Waals surface area contributed by atoms with Crippen LogP contribution in [0.1, 0.15) is 32.6 Å². The molecule has 2 aliphatic heterocycles. The maximum absolute atomic E-state index is 12.8. The molecule has 0 bridgehead atoms. The largest absolute Gasteiger partial charge is 0.342 e. The second kappa shape index (κ2) is 7.95. The van der Waals surface area contributed by atoms with Crippen LogP contribution in [0.4, 0.5) is 5.69 Å². The van der Waals surface area contributed by atoms with E-state index in [0.717, 1.165) is 64.3 Å². The van der Waals surface area contributed by atoms with Gasteiger partial charge in [-0.3, -0.25) is 19.6 Å². The number of hydrogen-bond donors (Lipinski definition) is 0. The lowest BCUT2D eigenvalue weighted by Gasteiger charge is -2.37. The van der Waals surface area contributed by atoms with Crippen LogP contribution < -0.4 is 0 Å². The van der Waals surface area contributed by atoms with Gasteiger partial charge in [-0.25, -0.2) is 0 Å². The SMILES string of the molecule is CC1CCN(C(=O)C2CCCN(CCn3cc([N+](=O)[O-])cn3)C2)CC1. The summed E-state index contributed by atoms with van der Waals surface area (Å²) in [7, 11) is 0. The molecule has 138 valence electrons. The molecule has 3 rings (SSSR count). The third-order valence-corrected chi connectivity index (χ3v) is 5.43. The van der Waals surface area contributed by atoms with Crippen molar-refractivity contribution in [1.29, 1.82) is 0 Å². The van der Waals surface area contributed by atoms with Crippen molar-refractivity contribution >= 4 is 11.6 Å². The first-order chi connectivity index (χ1) is 12.0. The van der Waals surface area contributed by atoms with Crippen LogP contribution >= 0.6 is 0 Å². The molecule has 8 nitrogen and oxygen atoms in total. The molecule has 0 spiro atoms. The first-order valence-electron chi connectivity index (χ1n) is 9.21. The number of piperidine rings is 2. The highest BCUT2D eigenvalue weighted by Crippen LogP contribution is 2.23. The second-order valence-electron chi connectivity index (χ2n) is 7.37. The van der Waals surface area contributed by atoms with Crippen LogP contribution in [-0.2, 0) is 11.3 Å². The molecule has 2 aliphatic rings. The number of nitro groups is 1. The number of rotatable bonds is 5.